The average Bonchev–Trinajstić information content (AvgIpc) is 2.89. The highest BCUT2D eigenvalue weighted by molar-refractivity contribution is 5.94. The maximum Gasteiger partial charge on any atom is 0.293 e. The molecule has 0 bridgehead atoms. The molecule has 2 aromatic carbocycles. The summed E-state index contributed by atoms with van der Waals surface area (Å²) < 4.78 is 0. The molecule has 35 heavy (non-hydrogen) atoms. The lowest BCUT2D eigenvalue weighted by Crippen LogP contribution is -2.29. The van der Waals surface area contributed by atoms with Crippen LogP contribution in [0.15, 0.2) is 59.7 Å². The predicted octanol–water partition coefficient (Wildman–Crippen LogP) is 2.95. The second kappa shape index (κ2) is 13.0. The molecule has 0 atom stereocenters. The molecule has 1 amide bonds. The summed E-state index contributed by atoms with van der Waals surface area (Å²) in [6.07, 6.45) is 2.18. The number of nitrogens with one attached hydrogen (secondary N) is 3. The molecule has 0 unspecified atom stereocenters. The van der Waals surface area contributed by atoms with Gasteiger partial charge in [0.2, 0.25) is 5.75 Å². The Bertz CT molecular complexity index is 1220. The van der Waals surface area contributed by atoms with Crippen molar-refractivity contribution in [3.8, 4) is 17.6 Å². The van der Waals surface area contributed by atoms with Gasteiger partial charge in [-0.1, -0.05) is 25.7 Å². The third-order valence-corrected chi connectivity index (χ3v) is 5.58. The molecule has 3 rings (SSSR count). The number of amides is 1. The summed E-state index contributed by atoms with van der Waals surface area (Å²) in [7, 11) is 0. The van der Waals surface area contributed by atoms with E-state index in [0.717, 1.165) is 42.9 Å². The van der Waals surface area contributed by atoms with E-state index in [-0.39, 0.29) is 23.9 Å². The zero-order valence-corrected chi connectivity index (χ0v) is 20.1. The van der Waals surface area contributed by atoms with Crippen LogP contribution in [0, 0.1) is 11.8 Å². The SMILES string of the molecule is CCN(CC)CCCNC(=O)c1ccc(C#Cc2ccc(NCc3nc[nH]c(=O)c3O)cc2)cc1. The Morgan fingerprint density at radius 2 is 1.66 bits per heavy atom. The number of aromatic amines is 1. The summed E-state index contributed by atoms with van der Waals surface area (Å²) in [6.45, 7) is 8.18. The minimum atomic E-state index is -0.568. The number of anilines is 1. The number of benzene rings is 2. The molecule has 0 aliphatic carbocycles. The summed E-state index contributed by atoms with van der Waals surface area (Å²) in [6, 6.07) is 14.7. The molecular weight excluding hydrogens is 442 g/mol. The number of hydrogen-bond donors (Lipinski definition) is 4. The molecule has 1 heterocycles. The van der Waals surface area contributed by atoms with Crippen molar-refractivity contribution >= 4 is 11.6 Å². The fraction of sp³-hybridized carbons (Fsp3) is 0.296. The standard InChI is InChI=1S/C27H31N5O3/c1-3-32(4-2)17-5-16-28-26(34)22-12-8-20(9-13-22)6-7-21-10-14-23(15-11-21)29-18-24-25(33)27(35)31-19-30-24/h8-15,19,29,33H,3-5,16-18H2,1-2H3,(H,28,34)(H,30,31,35). The van der Waals surface area contributed by atoms with Crippen molar-refractivity contribution in [1.82, 2.24) is 20.2 Å². The average molecular weight is 474 g/mol. The van der Waals surface area contributed by atoms with Crippen LogP contribution in [0.5, 0.6) is 5.75 Å². The van der Waals surface area contributed by atoms with E-state index >= 15 is 0 Å². The second-order valence-corrected chi connectivity index (χ2v) is 7.92. The Morgan fingerprint density at radius 3 is 2.29 bits per heavy atom. The number of nitrogens with zero attached hydrogens (tertiary/aromatic N) is 2. The number of aromatic nitrogens is 2. The van der Waals surface area contributed by atoms with Gasteiger partial charge in [-0.15, -0.1) is 0 Å². The summed E-state index contributed by atoms with van der Waals surface area (Å²) in [5.41, 5.74) is 2.79. The topological polar surface area (TPSA) is 110 Å². The molecule has 1 aromatic heterocycles. The fourth-order valence-corrected chi connectivity index (χ4v) is 3.41. The Labute approximate surface area is 205 Å². The molecule has 0 radical (unpaired) electrons. The van der Waals surface area contributed by atoms with E-state index in [9.17, 15) is 14.7 Å². The van der Waals surface area contributed by atoms with Crippen molar-refractivity contribution in [3.63, 3.8) is 0 Å². The highest BCUT2D eigenvalue weighted by atomic mass is 16.3. The van der Waals surface area contributed by atoms with Gasteiger partial charge in [-0.05, 0) is 74.6 Å². The van der Waals surface area contributed by atoms with Gasteiger partial charge in [0.1, 0.15) is 5.69 Å². The van der Waals surface area contributed by atoms with Crippen molar-refractivity contribution in [1.29, 1.82) is 0 Å². The Hall–Kier alpha value is -4.09. The highest BCUT2D eigenvalue weighted by Crippen LogP contribution is 2.13. The Morgan fingerprint density at radius 1 is 1.03 bits per heavy atom. The van der Waals surface area contributed by atoms with E-state index in [1.54, 1.807) is 12.1 Å². The molecular formula is C27H31N5O3. The number of hydrogen-bond acceptors (Lipinski definition) is 6. The molecule has 4 N–H and O–H groups in total. The first-order valence-electron chi connectivity index (χ1n) is 11.7. The Balaban J connectivity index is 1.49. The molecule has 3 aromatic rings. The van der Waals surface area contributed by atoms with Gasteiger partial charge in [-0.2, -0.15) is 0 Å². The molecule has 182 valence electrons. The van der Waals surface area contributed by atoms with Gasteiger partial charge in [0.25, 0.3) is 11.5 Å². The van der Waals surface area contributed by atoms with Crippen LogP contribution in [0.1, 0.15) is 47.4 Å². The first kappa shape index (κ1) is 25.5. The van der Waals surface area contributed by atoms with Crippen LogP contribution >= 0.6 is 0 Å². The zero-order valence-electron chi connectivity index (χ0n) is 20.1. The van der Waals surface area contributed by atoms with E-state index in [1.807, 2.05) is 36.4 Å². The van der Waals surface area contributed by atoms with Crippen LogP contribution in [-0.4, -0.2) is 52.1 Å². The molecule has 8 nitrogen and oxygen atoms in total. The van der Waals surface area contributed by atoms with E-state index < -0.39 is 5.56 Å². The lowest BCUT2D eigenvalue weighted by Gasteiger charge is -2.17. The minimum absolute atomic E-state index is 0.0734. The van der Waals surface area contributed by atoms with Gasteiger partial charge in [-0.3, -0.25) is 9.59 Å². The fourth-order valence-electron chi connectivity index (χ4n) is 3.41. The first-order valence-corrected chi connectivity index (χ1v) is 11.7. The van der Waals surface area contributed by atoms with Crippen molar-refractivity contribution in [2.24, 2.45) is 0 Å². The monoisotopic (exact) mass is 473 g/mol. The third kappa shape index (κ3) is 7.73. The summed E-state index contributed by atoms with van der Waals surface area (Å²) in [5, 5.41) is 15.8. The maximum absolute atomic E-state index is 12.3. The zero-order chi connectivity index (χ0) is 25.0. The van der Waals surface area contributed by atoms with Crippen molar-refractivity contribution in [3.05, 3.63) is 87.6 Å². The first-order chi connectivity index (χ1) is 17.0. The second-order valence-electron chi connectivity index (χ2n) is 7.92. The van der Waals surface area contributed by atoms with Crippen LogP contribution in [0.4, 0.5) is 5.69 Å². The van der Waals surface area contributed by atoms with Crippen LogP contribution < -0.4 is 16.2 Å². The van der Waals surface area contributed by atoms with Gasteiger partial charge >= 0.3 is 0 Å². The van der Waals surface area contributed by atoms with Crippen molar-refractivity contribution in [2.75, 3.05) is 31.5 Å². The van der Waals surface area contributed by atoms with Crippen LogP contribution in [-0.2, 0) is 6.54 Å². The molecule has 0 saturated carbocycles. The van der Waals surface area contributed by atoms with Crippen LogP contribution in [0.2, 0.25) is 0 Å². The summed E-state index contributed by atoms with van der Waals surface area (Å²) in [5.74, 6) is 5.76. The molecule has 0 aliphatic rings. The summed E-state index contributed by atoms with van der Waals surface area (Å²) >= 11 is 0. The van der Waals surface area contributed by atoms with Gasteiger partial charge in [0.15, 0.2) is 0 Å². The van der Waals surface area contributed by atoms with Crippen molar-refractivity contribution in [2.45, 2.75) is 26.8 Å². The normalized spacial score (nSPS) is 10.5. The summed E-state index contributed by atoms with van der Waals surface area (Å²) in [4.78, 5) is 32.4. The van der Waals surface area contributed by atoms with E-state index in [1.165, 1.54) is 6.33 Å². The predicted molar refractivity (Wildman–Crippen MR) is 137 cm³/mol. The van der Waals surface area contributed by atoms with E-state index in [4.69, 9.17) is 0 Å². The highest BCUT2D eigenvalue weighted by Gasteiger charge is 2.07. The van der Waals surface area contributed by atoms with Gasteiger partial charge in [0, 0.05) is 28.9 Å². The van der Waals surface area contributed by atoms with E-state index in [0.29, 0.717) is 12.1 Å². The number of carbonyl (C=O) groups is 1. The van der Waals surface area contributed by atoms with Crippen LogP contribution in [0.25, 0.3) is 0 Å². The van der Waals surface area contributed by atoms with Crippen LogP contribution in [0.3, 0.4) is 0 Å². The van der Waals surface area contributed by atoms with Gasteiger partial charge < -0.3 is 25.6 Å². The number of carbonyl (C=O) groups excluding carboxylic acids is 1. The lowest BCUT2D eigenvalue weighted by molar-refractivity contribution is 0.0952. The molecule has 0 fully saturated rings. The quantitative estimate of drug-likeness (QED) is 0.266. The molecule has 8 heteroatoms. The third-order valence-electron chi connectivity index (χ3n) is 5.58. The molecule has 0 aliphatic heterocycles. The largest absolute Gasteiger partial charge is 0.502 e. The van der Waals surface area contributed by atoms with E-state index in [2.05, 4.69) is 51.2 Å². The number of rotatable bonds is 10. The number of H-pyrrole nitrogens is 1. The number of aromatic hydroxyl groups is 1. The van der Waals surface area contributed by atoms with Gasteiger partial charge in [0.05, 0.1) is 12.9 Å². The molecule has 0 spiro atoms. The molecule has 0 saturated heterocycles. The van der Waals surface area contributed by atoms with Crippen molar-refractivity contribution < 1.29 is 9.90 Å². The lowest BCUT2D eigenvalue weighted by atomic mass is 10.1. The smallest absolute Gasteiger partial charge is 0.293 e. The maximum atomic E-state index is 12.3. The van der Waals surface area contributed by atoms with Gasteiger partial charge in [-0.25, -0.2) is 4.98 Å². The minimum Gasteiger partial charge on any atom is -0.502 e. The Kier molecular flexibility index (Phi) is 9.46.